The highest BCUT2D eigenvalue weighted by Gasteiger charge is 2.12. The Morgan fingerprint density at radius 1 is 1.24 bits per heavy atom. The van der Waals surface area contributed by atoms with Crippen LogP contribution in [0, 0.1) is 13.8 Å². The molecular formula is C16H17BrN2O2. The van der Waals surface area contributed by atoms with Gasteiger partial charge in [-0.3, -0.25) is 4.79 Å². The van der Waals surface area contributed by atoms with E-state index in [2.05, 4.69) is 21.2 Å². The van der Waals surface area contributed by atoms with Gasteiger partial charge in [-0.15, -0.1) is 0 Å². The number of nitrogen functional groups attached to an aromatic ring is 1. The summed E-state index contributed by atoms with van der Waals surface area (Å²) >= 11 is 3.48. The number of rotatable bonds is 3. The molecule has 0 heterocycles. The number of methoxy groups -OCH3 is 1. The number of nitrogens with two attached hydrogens (primary N) is 1. The van der Waals surface area contributed by atoms with Crippen LogP contribution in [0.1, 0.15) is 21.5 Å². The van der Waals surface area contributed by atoms with Crippen molar-refractivity contribution in [2.75, 3.05) is 18.2 Å². The topological polar surface area (TPSA) is 64.3 Å². The molecule has 0 saturated heterocycles. The molecule has 0 spiro atoms. The first-order valence-electron chi connectivity index (χ1n) is 6.44. The number of benzene rings is 2. The first-order valence-corrected chi connectivity index (χ1v) is 7.23. The smallest absolute Gasteiger partial charge is 0.255 e. The van der Waals surface area contributed by atoms with Gasteiger partial charge in [0.05, 0.1) is 18.5 Å². The Morgan fingerprint density at radius 2 is 1.95 bits per heavy atom. The Labute approximate surface area is 132 Å². The molecule has 3 N–H and O–H groups in total. The molecule has 0 aliphatic heterocycles. The maximum atomic E-state index is 12.3. The van der Waals surface area contributed by atoms with Crippen LogP contribution in [-0.4, -0.2) is 13.0 Å². The summed E-state index contributed by atoms with van der Waals surface area (Å²) in [5.74, 6) is 0.344. The van der Waals surface area contributed by atoms with Crippen molar-refractivity contribution < 1.29 is 9.53 Å². The van der Waals surface area contributed by atoms with Gasteiger partial charge in [0.25, 0.3) is 5.91 Å². The first kappa shape index (κ1) is 15.4. The van der Waals surface area contributed by atoms with Crippen molar-refractivity contribution in [3.8, 4) is 5.75 Å². The van der Waals surface area contributed by atoms with Gasteiger partial charge < -0.3 is 15.8 Å². The van der Waals surface area contributed by atoms with Crippen LogP contribution < -0.4 is 15.8 Å². The second kappa shape index (κ2) is 6.18. The number of carbonyl (C=O) groups is 1. The lowest BCUT2D eigenvalue weighted by atomic mass is 10.1. The normalized spacial score (nSPS) is 10.3. The van der Waals surface area contributed by atoms with Crippen LogP contribution in [-0.2, 0) is 0 Å². The zero-order valence-electron chi connectivity index (χ0n) is 12.2. The molecule has 21 heavy (non-hydrogen) atoms. The van der Waals surface area contributed by atoms with Crippen molar-refractivity contribution in [1.29, 1.82) is 0 Å². The molecular weight excluding hydrogens is 332 g/mol. The summed E-state index contributed by atoms with van der Waals surface area (Å²) in [7, 11) is 1.54. The number of hydrogen-bond donors (Lipinski definition) is 2. The van der Waals surface area contributed by atoms with Gasteiger partial charge in [0.2, 0.25) is 0 Å². The molecule has 0 bridgehead atoms. The van der Waals surface area contributed by atoms with E-state index >= 15 is 0 Å². The second-order valence-electron chi connectivity index (χ2n) is 4.85. The molecule has 5 heteroatoms. The van der Waals surface area contributed by atoms with Gasteiger partial charge in [0, 0.05) is 10.0 Å². The van der Waals surface area contributed by atoms with Crippen molar-refractivity contribution in [3.63, 3.8) is 0 Å². The zero-order chi connectivity index (χ0) is 15.6. The molecule has 0 saturated carbocycles. The van der Waals surface area contributed by atoms with Gasteiger partial charge in [-0.05, 0) is 65.2 Å². The van der Waals surface area contributed by atoms with Crippen molar-refractivity contribution in [3.05, 3.63) is 51.5 Å². The average Bonchev–Trinajstić information content (AvgIpc) is 2.42. The molecule has 0 unspecified atom stereocenters. The van der Waals surface area contributed by atoms with E-state index in [-0.39, 0.29) is 5.91 Å². The standard InChI is InChI=1S/C16H17BrN2O2/c1-9-6-10(2)15(12(17)7-9)19-16(20)11-4-5-14(21-3)13(18)8-11/h4-8H,18H2,1-3H3,(H,19,20). The van der Waals surface area contributed by atoms with Gasteiger partial charge in [-0.1, -0.05) is 6.07 Å². The molecule has 0 fully saturated rings. The Balaban J connectivity index is 2.28. The predicted octanol–water partition coefficient (Wildman–Crippen LogP) is 3.91. The third-order valence-electron chi connectivity index (χ3n) is 3.16. The van der Waals surface area contributed by atoms with E-state index in [9.17, 15) is 4.79 Å². The minimum absolute atomic E-state index is 0.211. The van der Waals surface area contributed by atoms with Gasteiger partial charge >= 0.3 is 0 Å². The fraction of sp³-hybridized carbons (Fsp3) is 0.188. The van der Waals surface area contributed by atoms with E-state index in [0.717, 1.165) is 21.3 Å². The predicted molar refractivity (Wildman–Crippen MR) is 89.0 cm³/mol. The van der Waals surface area contributed by atoms with E-state index in [4.69, 9.17) is 10.5 Å². The Morgan fingerprint density at radius 3 is 2.52 bits per heavy atom. The summed E-state index contributed by atoms with van der Waals surface area (Å²) in [6.45, 7) is 3.96. The number of halogens is 1. The van der Waals surface area contributed by atoms with E-state index in [1.165, 1.54) is 7.11 Å². The lowest BCUT2D eigenvalue weighted by molar-refractivity contribution is 0.102. The first-order chi connectivity index (χ1) is 9.92. The Bertz CT molecular complexity index is 676. The molecule has 2 aromatic carbocycles. The van der Waals surface area contributed by atoms with Crippen LogP contribution in [0.5, 0.6) is 5.75 Å². The molecule has 0 radical (unpaired) electrons. The number of hydrogen-bond acceptors (Lipinski definition) is 3. The number of aryl methyl sites for hydroxylation is 2. The number of anilines is 2. The monoisotopic (exact) mass is 348 g/mol. The van der Waals surface area contributed by atoms with E-state index in [0.29, 0.717) is 17.0 Å². The van der Waals surface area contributed by atoms with Gasteiger partial charge in [-0.25, -0.2) is 0 Å². The van der Waals surface area contributed by atoms with Crippen LogP contribution in [0.3, 0.4) is 0 Å². The molecule has 4 nitrogen and oxygen atoms in total. The maximum Gasteiger partial charge on any atom is 0.255 e. The van der Waals surface area contributed by atoms with Crippen LogP contribution in [0.2, 0.25) is 0 Å². The van der Waals surface area contributed by atoms with Crippen molar-refractivity contribution >= 4 is 33.2 Å². The largest absolute Gasteiger partial charge is 0.495 e. The molecule has 2 rings (SSSR count). The molecule has 0 aromatic heterocycles. The fourth-order valence-electron chi connectivity index (χ4n) is 2.14. The van der Waals surface area contributed by atoms with E-state index in [1.54, 1.807) is 18.2 Å². The zero-order valence-corrected chi connectivity index (χ0v) is 13.7. The Kier molecular flexibility index (Phi) is 4.53. The van der Waals surface area contributed by atoms with Crippen molar-refractivity contribution in [1.82, 2.24) is 0 Å². The Hall–Kier alpha value is -2.01. The second-order valence-corrected chi connectivity index (χ2v) is 5.70. The number of amides is 1. The molecule has 0 aliphatic carbocycles. The van der Waals surface area contributed by atoms with Gasteiger partial charge in [-0.2, -0.15) is 0 Å². The van der Waals surface area contributed by atoms with Gasteiger partial charge in [0.15, 0.2) is 0 Å². The average molecular weight is 349 g/mol. The van der Waals surface area contributed by atoms with E-state index in [1.807, 2.05) is 26.0 Å². The third-order valence-corrected chi connectivity index (χ3v) is 3.79. The lowest BCUT2D eigenvalue weighted by Gasteiger charge is -2.12. The summed E-state index contributed by atoms with van der Waals surface area (Å²) in [6.07, 6.45) is 0. The van der Waals surface area contributed by atoms with Crippen LogP contribution >= 0.6 is 15.9 Å². The van der Waals surface area contributed by atoms with Crippen LogP contribution in [0.4, 0.5) is 11.4 Å². The third kappa shape index (κ3) is 3.36. The highest BCUT2D eigenvalue weighted by atomic mass is 79.9. The quantitative estimate of drug-likeness (QED) is 0.826. The molecule has 0 aliphatic rings. The fourth-order valence-corrected chi connectivity index (χ4v) is 2.91. The van der Waals surface area contributed by atoms with Crippen molar-refractivity contribution in [2.24, 2.45) is 0 Å². The van der Waals surface area contributed by atoms with Crippen molar-refractivity contribution in [2.45, 2.75) is 13.8 Å². The summed E-state index contributed by atoms with van der Waals surface area (Å²) in [5.41, 5.74) is 9.64. The highest BCUT2D eigenvalue weighted by molar-refractivity contribution is 9.10. The summed E-state index contributed by atoms with van der Waals surface area (Å²) in [5, 5.41) is 2.90. The lowest BCUT2D eigenvalue weighted by Crippen LogP contribution is -2.13. The minimum Gasteiger partial charge on any atom is -0.495 e. The summed E-state index contributed by atoms with van der Waals surface area (Å²) < 4.78 is 5.94. The molecule has 1 amide bonds. The maximum absolute atomic E-state index is 12.3. The van der Waals surface area contributed by atoms with E-state index < -0.39 is 0 Å². The number of ether oxygens (including phenoxy) is 1. The van der Waals surface area contributed by atoms with Crippen LogP contribution in [0.25, 0.3) is 0 Å². The summed E-state index contributed by atoms with van der Waals surface area (Å²) in [6, 6.07) is 8.95. The van der Waals surface area contributed by atoms with Gasteiger partial charge in [0.1, 0.15) is 5.75 Å². The number of nitrogens with one attached hydrogen (secondary N) is 1. The highest BCUT2D eigenvalue weighted by Crippen LogP contribution is 2.29. The molecule has 110 valence electrons. The molecule has 0 atom stereocenters. The number of carbonyl (C=O) groups excluding carboxylic acids is 1. The summed E-state index contributed by atoms with van der Waals surface area (Å²) in [4.78, 5) is 12.3. The van der Waals surface area contributed by atoms with Crippen LogP contribution in [0.15, 0.2) is 34.8 Å². The minimum atomic E-state index is -0.211. The SMILES string of the molecule is COc1ccc(C(=O)Nc2c(C)cc(C)cc2Br)cc1N. The molecule has 2 aromatic rings.